The molecule has 0 unspecified atom stereocenters. The zero-order valence-corrected chi connectivity index (χ0v) is 17.4. The van der Waals surface area contributed by atoms with Crippen LogP contribution >= 0.6 is 0 Å². The average Bonchev–Trinajstić information content (AvgIpc) is 3.46. The van der Waals surface area contributed by atoms with Crippen molar-refractivity contribution in [3.63, 3.8) is 0 Å². The highest BCUT2D eigenvalue weighted by Crippen LogP contribution is 2.38. The van der Waals surface area contributed by atoms with Gasteiger partial charge in [-0.15, -0.1) is 0 Å². The summed E-state index contributed by atoms with van der Waals surface area (Å²) in [6, 6.07) is 12.6. The summed E-state index contributed by atoms with van der Waals surface area (Å²) >= 11 is 0. The molecule has 0 spiro atoms. The number of aryl methyl sites for hydroxylation is 2. The Labute approximate surface area is 170 Å². The van der Waals surface area contributed by atoms with Crippen LogP contribution in [0, 0.1) is 13.8 Å². The van der Waals surface area contributed by atoms with Crippen LogP contribution in [0.25, 0.3) is 0 Å². The highest BCUT2D eigenvalue weighted by atomic mass is 32.2. The predicted molar refractivity (Wildman–Crippen MR) is 104 cm³/mol. The van der Waals surface area contributed by atoms with Crippen LogP contribution < -0.4 is 0 Å². The summed E-state index contributed by atoms with van der Waals surface area (Å²) < 4.78 is 65.9. The number of ether oxygens (including phenoxy) is 1. The van der Waals surface area contributed by atoms with E-state index in [9.17, 15) is 16.8 Å². The van der Waals surface area contributed by atoms with Crippen molar-refractivity contribution in [1.29, 1.82) is 0 Å². The minimum atomic E-state index is -3.97. The van der Waals surface area contributed by atoms with Gasteiger partial charge in [-0.05, 0) is 38.1 Å². The van der Waals surface area contributed by atoms with Gasteiger partial charge in [-0.2, -0.15) is 16.8 Å². The third-order valence-corrected chi connectivity index (χ3v) is 7.44. The summed E-state index contributed by atoms with van der Waals surface area (Å²) in [5.74, 6) is 0. The number of fused-ring (bicyclic) bond motifs is 1. The third kappa shape index (κ3) is 4.29. The first-order valence-corrected chi connectivity index (χ1v) is 11.8. The Morgan fingerprint density at radius 2 is 1.00 bits per heavy atom. The molecule has 0 N–H and O–H groups in total. The van der Waals surface area contributed by atoms with Gasteiger partial charge in [0.25, 0.3) is 20.2 Å². The fourth-order valence-corrected chi connectivity index (χ4v) is 5.18. The summed E-state index contributed by atoms with van der Waals surface area (Å²) in [6.07, 6.45) is 0.0862. The Morgan fingerprint density at radius 1 is 0.655 bits per heavy atom. The van der Waals surface area contributed by atoms with Crippen molar-refractivity contribution in [2.45, 2.75) is 48.1 Å². The quantitative estimate of drug-likeness (QED) is 0.390. The van der Waals surface area contributed by atoms with Crippen molar-refractivity contribution in [3.8, 4) is 0 Å². The molecule has 4 rings (SSSR count). The third-order valence-electron chi connectivity index (χ3n) is 4.79. The van der Waals surface area contributed by atoms with Crippen LogP contribution in [0.15, 0.2) is 70.5 Å². The first-order chi connectivity index (χ1) is 13.7. The maximum Gasteiger partial charge on any atom is 0.297 e. The molecule has 0 saturated carbocycles. The average molecular weight is 437 g/mol. The van der Waals surface area contributed by atoms with Crippen molar-refractivity contribution in [2.75, 3.05) is 0 Å². The molecule has 1 aliphatic carbocycles. The maximum atomic E-state index is 12.5. The fourth-order valence-electron chi connectivity index (χ4n) is 3.09. The molecule has 2 aromatic rings. The van der Waals surface area contributed by atoms with Gasteiger partial charge in [-0.3, -0.25) is 8.37 Å². The lowest BCUT2D eigenvalue weighted by atomic mass is 10.0. The summed E-state index contributed by atoms with van der Waals surface area (Å²) in [5, 5.41) is 0. The summed E-state index contributed by atoms with van der Waals surface area (Å²) in [6.45, 7) is 3.71. The molecule has 1 fully saturated rings. The highest BCUT2D eigenvalue weighted by Gasteiger charge is 2.54. The zero-order valence-electron chi connectivity index (χ0n) is 15.8. The molecule has 9 heteroatoms. The molecule has 0 amide bonds. The number of benzene rings is 2. The summed E-state index contributed by atoms with van der Waals surface area (Å²) in [4.78, 5) is 0.100. The number of hydrogen-bond acceptors (Lipinski definition) is 7. The molecule has 1 saturated heterocycles. The zero-order chi connectivity index (χ0) is 20.8. The first-order valence-electron chi connectivity index (χ1n) is 8.99. The molecule has 1 heterocycles. The first kappa shape index (κ1) is 20.2. The van der Waals surface area contributed by atoms with E-state index in [-0.39, 0.29) is 9.79 Å². The summed E-state index contributed by atoms with van der Waals surface area (Å²) in [5.41, 5.74) is 1.86. The Hall–Kier alpha value is -2.04. The molecule has 2 aliphatic rings. The lowest BCUT2D eigenvalue weighted by Crippen LogP contribution is -2.33. The van der Waals surface area contributed by atoms with Gasteiger partial charge in [-0.25, -0.2) is 0 Å². The largest absolute Gasteiger partial charge is 0.363 e. The topological polar surface area (TPSA) is 99.3 Å². The second-order valence-electron chi connectivity index (χ2n) is 7.11. The predicted octanol–water partition coefficient (Wildman–Crippen LogP) is 2.49. The molecule has 7 nitrogen and oxygen atoms in total. The highest BCUT2D eigenvalue weighted by molar-refractivity contribution is 7.87. The monoisotopic (exact) mass is 436 g/mol. The van der Waals surface area contributed by atoms with Gasteiger partial charge < -0.3 is 4.74 Å². The minimum Gasteiger partial charge on any atom is -0.363 e. The van der Waals surface area contributed by atoms with Crippen LogP contribution in [0.5, 0.6) is 0 Å². The molecule has 0 bridgehead atoms. The SMILES string of the molecule is Cc1ccc(S(=O)(=O)O[C@H]2C=C[C@H](OS(=O)(=O)c3ccc(C)cc3)[C@H]3O[C@H]32)cc1. The number of epoxide rings is 1. The van der Waals surface area contributed by atoms with Gasteiger partial charge in [0.1, 0.15) is 24.4 Å². The molecular weight excluding hydrogens is 416 g/mol. The molecule has 0 radical (unpaired) electrons. The van der Waals surface area contributed by atoms with E-state index >= 15 is 0 Å². The second-order valence-corrected chi connectivity index (χ2v) is 10.3. The molecule has 154 valence electrons. The van der Waals surface area contributed by atoms with Gasteiger partial charge in [0.2, 0.25) is 0 Å². The Morgan fingerprint density at radius 3 is 1.34 bits per heavy atom. The van der Waals surface area contributed by atoms with E-state index in [4.69, 9.17) is 13.1 Å². The molecule has 0 aromatic heterocycles. The van der Waals surface area contributed by atoms with Crippen LogP contribution in [0.3, 0.4) is 0 Å². The van der Waals surface area contributed by atoms with Gasteiger partial charge >= 0.3 is 0 Å². The smallest absolute Gasteiger partial charge is 0.297 e. The fraction of sp³-hybridized carbons (Fsp3) is 0.300. The van der Waals surface area contributed by atoms with E-state index in [0.717, 1.165) is 11.1 Å². The van der Waals surface area contributed by atoms with E-state index in [0.29, 0.717) is 0 Å². The van der Waals surface area contributed by atoms with Crippen molar-refractivity contribution >= 4 is 20.2 Å². The van der Waals surface area contributed by atoms with E-state index in [1.165, 1.54) is 36.4 Å². The van der Waals surface area contributed by atoms with E-state index in [1.807, 2.05) is 13.8 Å². The van der Waals surface area contributed by atoms with Crippen LogP contribution in [0.2, 0.25) is 0 Å². The molecule has 2 aromatic carbocycles. The lowest BCUT2D eigenvalue weighted by molar-refractivity contribution is 0.206. The van der Waals surface area contributed by atoms with Crippen LogP contribution in [-0.2, 0) is 33.3 Å². The minimum absolute atomic E-state index is 0.0500. The molecule has 1 aliphatic heterocycles. The van der Waals surface area contributed by atoms with Crippen molar-refractivity contribution < 1.29 is 29.9 Å². The Balaban J connectivity index is 1.46. The van der Waals surface area contributed by atoms with Crippen molar-refractivity contribution in [2.24, 2.45) is 0 Å². The van der Waals surface area contributed by atoms with Crippen molar-refractivity contribution in [1.82, 2.24) is 0 Å². The Kier molecular flexibility index (Phi) is 5.12. The van der Waals surface area contributed by atoms with Gasteiger partial charge in [-0.1, -0.05) is 47.5 Å². The lowest BCUT2D eigenvalue weighted by Gasteiger charge is -2.19. The second kappa shape index (κ2) is 7.33. The van der Waals surface area contributed by atoms with Gasteiger partial charge in [0, 0.05) is 0 Å². The van der Waals surface area contributed by atoms with Crippen LogP contribution in [0.4, 0.5) is 0 Å². The van der Waals surface area contributed by atoms with Gasteiger partial charge in [0.15, 0.2) is 0 Å². The van der Waals surface area contributed by atoms with Gasteiger partial charge in [0.05, 0.1) is 9.79 Å². The Bertz CT molecular complexity index is 1040. The van der Waals surface area contributed by atoms with E-state index < -0.39 is 44.7 Å². The van der Waals surface area contributed by atoms with Crippen molar-refractivity contribution in [3.05, 3.63) is 71.8 Å². The standard InChI is InChI=1S/C20H20O7S2/c1-13-3-7-15(8-4-13)28(21,22)26-17-11-12-18(20-19(17)25-20)27-29(23,24)16-9-5-14(2)6-10-16/h3-12,17-20H,1-2H3/t17-,18-,19-,20+/m0/s1. The molecular formula is C20H20O7S2. The molecule has 4 atom stereocenters. The van der Waals surface area contributed by atoms with Crippen LogP contribution in [0.1, 0.15) is 11.1 Å². The normalized spacial score (nSPS) is 26.1. The number of hydrogen-bond donors (Lipinski definition) is 0. The molecule has 29 heavy (non-hydrogen) atoms. The number of rotatable bonds is 6. The summed E-state index contributed by atoms with van der Waals surface area (Å²) in [7, 11) is -7.95. The maximum absolute atomic E-state index is 12.5. The van der Waals surface area contributed by atoms with E-state index in [2.05, 4.69) is 0 Å². The van der Waals surface area contributed by atoms with E-state index in [1.54, 1.807) is 24.3 Å². The van der Waals surface area contributed by atoms with Crippen LogP contribution in [-0.4, -0.2) is 41.3 Å².